The zero-order valence-electron chi connectivity index (χ0n) is 21.8. The van der Waals surface area contributed by atoms with Crippen LogP contribution in [0, 0.1) is 5.82 Å². The van der Waals surface area contributed by atoms with Gasteiger partial charge in [0.2, 0.25) is 5.43 Å². The largest absolute Gasteiger partial charge is 0.477 e. The van der Waals surface area contributed by atoms with E-state index in [1.807, 2.05) is 22.4 Å². The van der Waals surface area contributed by atoms with Gasteiger partial charge in [-0.25, -0.2) is 23.9 Å². The molecule has 0 radical (unpaired) electrons. The smallest absolute Gasteiger partial charge is 0.341 e. The molecule has 210 valence electrons. The van der Waals surface area contributed by atoms with Crippen molar-refractivity contribution in [3.8, 4) is 11.3 Å². The molecule has 9 nitrogen and oxygen atoms in total. The third kappa shape index (κ3) is 5.07. The number of aromatic carboxylic acids is 1. The summed E-state index contributed by atoms with van der Waals surface area (Å²) in [6.07, 6.45) is 4.53. The van der Waals surface area contributed by atoms with Crippen molar-refractivity contribution in [2.24, 2.45) is 0 Å². The van der Waals surface area contributed by atoms with Gasteiger partial charge in [0, 0.05) is 66.0 Å². The summed E-state index contributed by atoms with van der Waals surface area (Å²) in [6.45, 7) is 5.22. The average Bonchev–Trinajstić information content (AvgIpc) is 3.70. The van der Waals surface area contributed by atoms with Crippen LogP contribution >= 0.6 is 22.9 Å². The standard InChI is InChI=1S/C29H25ClFN5O4S/c1-2-35(28-32-23(16-41-28)17-3-5-18(30)6-4-17)29(40)34-11-9-33(10-12-34)25-14-24-20(13-22(25)31)26(37)21(27(38)39)15-36(24)19-7-8-19/h2-6,13-16,19H,1,7-12H2,(H,38,39). The van der Waals surface area contributed by atoms with Gasteiger partial charge in [-0.1, -0.05) is 30.3 Å². The summed E-state index contributed by atoms with van der Waals surface area (Å²) < 4.78 is 17.1. The fourth-order valence-corrected chi connectivity index (χ4v) is 6.01. The summed E-state index contributed by atoms with van der Waals surface area (Å²) in [5.41, 5.74) is 1.36. The van der Waals surface area contributed by atoms with E-state index in [1.54, 1.807) is 27.7 Å². The number of pyridine rings is 1. The lowest BCUT2D eigenvalue weighted by molar-refractivity contribution is 0.0694. The number of carboxylic acid groups (broad SMARTS) is 1. The van der Waals surface area contributed by atoms with Crippen molar-refractivity contribution in [3.63, 3.8) is 0 Å². The van der Waals surface area contributed by atoms with Crippen LogP contribution in [0.15, 0.2) is 65.5 Å². The van der Waals surface area contributed by atoms with Crippen molar-refractivity contribution >= 4 is 56.7 Å². The number of fused-ring (bicyclic) bond motifs is 1. The minimum absolute atomic E-state index is 0.0508. The van der Waals surface area contributed by atoms with E-state index in [4.69, 9.17) is 11.6 Å². The van der Waals surface area contributed by atoms with Gasteiger partial charge in [0.25, 0.3) is 0 Å². The number of aromatic nitrogens is 2. The van der Waals surface area contributed by atoms with Gasteiger partial charge in [0.05, 0.1) is 16.9 Å². The van der Waals surface area contributed by atoms with Crippen molar-refractivity contribution in [1.29, 1.82) is 0 Å². The number of halogens is 2. The number of carbonyl (C=O) groups is 2. The van der Waals surface area contributed by atoms with Crippen molar-refractivity contribution in [2.75, 3.05) is 36.0 Å². The molecule has 1 aliphatic heterocycles. The van der Waals surface area contributed by atoms with E-state index in [2.05, 4.69) is 11.6 Å². The Hall–Kier alpha value is -4.22. The predicted octanol–water partition coefficient (Wildman–Crippen LogP) is 5.84. The molecule has 0 atom stereocenters. The summed E-state index contributed by atoms with van der Waals surface area (Å²) in [5, 5.41) is 12.5. The highest BCUT2D eigenvalue weighted by Crippen LogP contribution is 2.38. The van der Waals surface area contributed by atoms with Crippen LogP contribution in [-0.2, 0) is 0 Å². The molecule has 1 N–H and O–H groups in total. The van der Waals surface area contributed by atoms with Crippen LogP contribution in [0.5, 0.6) is 0 Å². The number of carboxylic acids is 1. The molecule has 4 aromatic rings. The Bertz CT molecular complexity index is 1740. The lowest BCUT2D eigenvalue weighted by atomic mass is 10.1. The van der Waals surface area contributed by atoms with Crippen LogP contribution in [0.3, 0.4) is 0 Å². The Morgan fingerprint density at radius 3 is 2.49 bits per heavy atom. The SMILES string of the molecule is C=CN(C(=O)N1CCN(c2cc3c(cc2F)c(=O)c(C(=O)O)cn3C2CC2)CC1)c1nc(-c2ccc(Cl)cc2)cs1. The van der Waals surface area contributed by atoms with E-state index in [1.165, 1.54) is 28.6 Å². The maximum Gasteiger partial charge on any atom is 0.341 e. The van der Waals surface area contributed by atoms with E-state index in [9.17, 15) is 19.5 Å². The minimum atomic E-state index is -1.33. The van der Waals surface area contributed by atoms with E-state index in [0.717, 1.165) is 30.2 Å². The predicted molar refractivity (Wildman–Crippen MR) is 158 cm³/mol. The number of hydrogen-bond acceptors (Lipinski definition) is 6. The molecule has 41 heavy (non-hydrogen) atoms. The number of nitrogens with zero attached hydrogens (tertiary/aromatic N) is 5. The molecule has 2 amide bonds. The number of rotatable bonds is 6. The van der Waals surface area contributed by atoms with E-state index >= 15 is 4.39 Å². The molecule has 0 bridgehead atoms. The van der Waals surface area contributed by atoms with Crippen molar-refractivity contribution in [2.45, 2.75) is 18.9 Å². The number of hydrogen-bond donors (Lipinski definition) is 1. The third-order valence-corrected chi connectivity index (χ3v) is 8.48. The Balaban J connectivity index is 1.20. The Morgan fingerprint density at radius 2 is 1.85 bits per heavy atom. The van der Waals surface area contributed by atoms with Gasteiger partial charge in [-0.15, -0.1) is 11.3 Å². The molecule has 1 saturated carbocycles. The van der Waals surface area contributed by atoms with Crippen molar-refractivity contribution in [3.05, 3.63) is 87.4 Å². The molecular formula is C29H25ClFN5O4S. The summed E-state index contributed by atoms with van der Waals surface area (Å²) >= 11 is 7.31. The normalized spacial score (nSPS) is 15.3. The van der Waals surface area contributed by atoms with Gasteiger partial charge in [0.1, 0.15) is 11.4 Å². The number of thiazole rings is 1. The fraction of sp³-hybridized carbons (Fsp3) is 0.241. The van der Waals surface area contributed by atoms with Gasteiger partial charge in [-0.2, -0.15) is 0 Å². The zero-order valence-corrected chi connectivity index (χ0v) is 23.4. The summed E-state index contributed by atoms with van der Waals surface area (Å²) in [6, 6.07) is 9.85. The number of urea groups is 1. The lowest BCUT2D eigenvalue weighted by Gasteiger charge is -2.37. The molecule has 3 heterocycles. The molecule has 12 heteroatoms. The second-order valence-electron chi connectivity index (χ2n) is 9.97. The molecule has 2 fully saturated rings. The number of carbonyl (C=O) groups excluding carboxylic acids is 1. The van der Waals surface area contributed by atoms with Crippen LogP contribution < -0.4 is 15.2 Å². The zero-order chi connectivity index (χ0) is 28.8. The maximum atomic E-state index is 15.3. The minimum Gasteiger partial charge on any atom is -0.477 e. The van der Waals surface area contributed by atoms with Gasteiger partial charge >= 0.3 is 12.0 Å². The van der Waals surface area contributed by atoms with E-state index < -0.39 is 17.2 Å². The van der Waals surface area contributed by atoms with Crippen LogP contribution in [-0.4, -0.2) is 57.7 Å². The molecule has 2 aromatic carbocycles. The maximum absolute atomic E-state index is 15.3. The molecule has 1 saturated heterocycles. The number of benzene rings is 2. The highest BCUT2D eigenvalue weighted by Gasteiger charge is 2.30. The molecule has 1 aliphatic carbocycles. The second kappa shape index (κ2) is 10.6. The monoisotopic (exact) mass is 593 g/mol. The van der Waals surface area contributed by atoms with Crippen LogP contribution in [0.2, 0.25) is 5.02 Å². The molecule has 2 aromatic heterocycles. The quantitative estimate of drug-likeness (QED) is 0.301. The lowest BCUT2D eigenvalue weighted by Crippen LogP contribution is -2.52. The average molecular weight is 594 g/mol. The first-order valence-corrected chi connectivity index (χ1v) is 14.3. The highest BCUT2D eigenvalue weighted by atomic mass is 35.5. The Kier molecular flexibility index (Phi) is 7.00. The van der Waals surface area contributed by atoms with E-state index in [0.29, 0.717) is 47.5 Å². The molecule has 0 spiro atoms. The first kappa shape index (κ1) is 27.0. The van der Waals surface area contributed by atoms with Crippen molar-refractivity contribution < 1.29 is 19.1 Å². The van der Waals surface area contributed by atoms with Crippen molar-refractivity contribution in [1.82, 2.24) is 14.5 Å². The number of anilines is 2. The molecule has 0 unspecified atom stereocenters. The van der Waals surface area contributed by atoms with Gasteiger partial charge in [-0.3, -0.25) is 4.79 Å². The van der Waals surface area contributed by atoms with Crippen LogP contribution in [0.1, 0.15) is 29.2 Å². The van der Waals surface area contributed by atoms with Gasteiger partial charge < -0.3 is 19.5 Å². The molecular weight excluding hydrogens is 569 g/mol. The number of amides is 2. The number of piperazine rings is 1. The van der Waals surface area contributed by atoms with Gasteiger partial charge in [-0.05, 0) is 37.1 Å². The second-order valence-corrected chi connectivity index (χ2v) is 11.2. The van der Waals surface area contributed by atoms with Crippen LogP contribution in [0.25, 0.3) is 22.2 Å². The molecule has 2 aliphatic rings. The summed E-state index contributed by atoms with van der Waals surface area (Å²) in [7, 11) is 0. The summed E-state index contributed by atoms with van der Waals surface area (Å²) in [5.74, 6) is -1.94. The van der Waals surface area contributed by atoms with Gasteiger partial charge in [0.15, 0.2) is 5.13 Å². The molecule has 6 rings (SSSR count). The first-order chi connectivity index (χ1) is 19.7. The fourth-order valence-electron chi connectivity index (χ4n) is 5.07. The Labute approximate surface area is 243 Å². The highest BCUT2D eigenvalue weighted by molar-refractivity contribution is 7.14. The Morgan fingerprint density at radius 1 is 1.15 bits per heavy atom. The topological polar surface area (TPSA) is 99.0 Å². The third-order valence-electron chi connectivity index (χ3n) is 7.39. The summed E-state index contributed by atoms with van der Waals surface area (Å²) in [4.78, 5) is 47.3. The van der Waals surface area contributed by atoms with Crippen LogP contribution in [0.4, 0.5) is 20.0 Å². The first-order valence-electron chi connectivity index (χ1n) is 13.0. The van der Waals surface area contributed by atoms with E-state index in [-0.39, 0.29) is 23.0 Å².